The first-order valence-corrected chi connectivity index (χ1v) is 9.31. The minimum Gasteiger partial charge on any atom is -0.326 e. The summed E-state index contributed by atoms with van der Waals surface area (Å²) in [6.45, 7) is 5.06. The number of hydrogen-bond acceptors (Lipinski definition) is 4. The maximum atomic E-state index is 12.4. The van der Waals surface area contributed by atoms with E-state index in [0.29, 0.717) is 13.1 Å². The van der Waals surface area contributed by atoms with Gasteiger partial charge in [-0.1, -0.05) is 42.1 Å². The molecular weight excluding hydrogens is 334 g/mol. The number of hydrogen-bond donors (Lipinski definition) is 1. The zero-order chi connectivity index (χ0) is 17.8. The number of benzene rings is 2. The fraction of sp³-hybridized carbons (Fsp3) is 0.316. The van der Waals surface area contributed by atoms with Crippen LogP contribution in [0.3, 0.4) is 0 Å². The standard InChI is InChI=1S/C19H21N3O2S/c1-3-20-19-22(4-2)18(24)16(25-19)12-17(23)21-15-10-9-13-7-5-6-8-14(13)11-15/h5-11,16H,3-4,12H2,1-2H3,(H,21,23)/t16-/m1/s1. The Balaban J connectivity index is 1.67. The molecule has 3 rings (SSSR count). The lowest BCUT2D eigenvalue weighted by Crippen LogP contribution is -2.33. The van der Waals surface area contributed by atoms with Gasteiger partial charge in [-0.25, -0.2) is 0 Å². The fourth-order valence-electron chi connectivity index (χ4n) is 2.83. The second kappa shape index (κ2) is 7.70. The monoisotopic (exact) mass is 355 g/mol. The Morgan fingerprint density at radius 3 is 2.68 bits per heavy atom. The van der Waals surface area contributed by atoms with Gasteiger partial charge in [0.05, 0.1) is 0 Å². The molecule has 1 aliphatic heterocycles. The van der Waals surface area contributed by atoms with E-state index in [1.807, 2.05) is 56.3 Å². The number of aliphatic imine (C=N–C) groups is 1. The highest BCUT2D eigenvalue weighted by Gasteiger charge is 2.37. The van der Waals surface area contributed by atoms with Crippen molar-refractivity contribution in [1.29, 1.82) is 0 Å². The molecule has 25 heavy (non-hydrogen) atoms. The average molecular weight is 355 g/mol. The van der Waals surface area contributed by atoms with Crippen LogP contribution in [0.4, 0.5) is 5.69 Å². The van der Waals surface area contributed by atoms with Crippen LogP contribution in [0.5, 0.6) is 0 Å². The largest absolute Gasteiger partial charge is 0.326 e. The third-order valence-corrected chi connectivity index (χ3v) is 5.25. The quantitative estimate of drug-likeness (QED) is 0.893. The number of carbonyl (C=O) groups is 2. The fourth-order valence-corrected chi connectivity index (χ4v) is 4.10. The van der Waals surface area contributed by atoms with Crippen LogP contribution < -0.4 is 5.32 Å². The van der Waals surface area contributed by atoms with E-state index < -0.39 is 5.25 Å². The Hall–Kier alpha value is -2.34. The highest BCUT2D eigenvalue weighted by atomic mass is 32.2. The van der Waals surface area contributed by atoms with E-state index in [1.165, 1.54) is 11.8 Å². The summed E-state index contributed by atoms with van der Waals surface area (Å²) in [6, 6.07) is 13.8. The molecule has 0 bridgehead atoms. The number of anilines is 1. The topological polar surface area (TPSA) is 61.8 Å². The molecule has 0 aromatic heterocycles. The molecule has 0 radical (unpaired) electrons. The van der Waals surface area contributed by atoms with E-state index in [9.17, 15) is 9.59 Å². The number of nitrogens with one attached hydrogen (secondary N) is 1. The van der Waals surface area contributed by atoms with E-state index in [-0.39, 0.29) is 18.2 Å². The minimum atomic E-state index is -0.397. The molecule has 6 heteroatoms. The van der Waals surface area contributed by atoms with Crippen molar-refractivity contribution in [3.63, 3.8) is 0 Å². The van der Waals surface area contributed by atoms with Crippen LogP contribution in [-0.2, 0) is 9.59 Å². The molecule has 1 atom stereocenters. The van der Waals surface area contributed by atoms with Crippen LogP contribution in [0.1, 0.15) is 20.3 Å². The number of carbonyl (C=O) groups excluding carboxylic acids is 2. The smallest absolute Gasteiger partial charge is 0.242 e. The molecule has 2 aromatic rings. The van der Waals surface area contributed by atoms with Crippen molar-refractivity contribution < 1.29 is 9.59 Å². The number of fused-ring (bicyclic) bond motifs is 1. The lowest BCUT2D eigenvalue weighted by molar-refractivity contribution is -0.128. The van der Waals surface area contributed by atoms with E-state index in [2.05, 4.69) is 10.3 Å². The molecule has 1 aliphatic rings. The molecule has 0 saturated carbocycles. The predicted molar refractivity (Wildman–Crippen MR) is 104 cm³/mol. The Morgan fingerprint density at radius 2 is 1.96 bits per heavy atom. The molecule has 0 aliphatic carbocycles. The van der Waals surface area contributed by atoms with Gasteiger partial charge in [-0.15, -0.1) is 0 Å². The predicted octanol–water partition coefficient (Wildman–Crippen LogP) is 3.51. The molecule has 0 spiro atoms. The van der Waals surface area contributed by atoms with E-state index in [0.717, 1.165) is 21.6 Å². The van der Waals surface area contributed by atoms with Gasteiger partial charge in [0.1, 0.15) is 5.25 Å². The minimum absolute atomic E-state index is 0.0339. The Labute approximate surface area is 151 Å². The first kappa shape index (κ1) is 17.5. The summed E-state index contributed by atoms with van der Waals surface area (Å²) in [6.07, 6.45) is 0.148. The highest BCUT2D eigenvalue weighted by Crippen LogP contribution is 2.29. The molecule has 1 heterocycles. The van der Waals surface area contributed by atoms with Gasteiger partial charge in [0, 0.05) is 25.2 Å². The first-order chi connectivity index (χ1) is 12.1. The lowest BCUT2D eigenvalue weighted by atomic mass is 10.1. The van der Waals surface area contributed by atoms with Crippen LogP contribution in [0, 0.1) is 0 Å². The molecule has 5 nitrogen and oxygen atoms in total. The van der Waals surface area contributed by atoms with Crippen molar-refractivity contribution in [2.45, 2.75) is 25.5 Å². The average Bonchev–Trinajstić information content (AvgIpc) is 2.89. The Bertz CT molecular complexity index is 834. The second-order valence-corrected chi connectivity index (χ2v) is 6.93. The van der Waals surface area contributed by atoms with Gasteiger partial charge in [-0.05, 0) is 36.8 Å². The molecule has 1 N–H and O–H groups in total. The van der Waals surface area contributed by atoms with Crippen molar-refractivity contribution >= 4 is 45.2 Å². The maximum Gasteiger partial charge on any atom is 0.242 e. The third kappa shape index (κ3) is 3.85. The van der Waals surface area contributed by atoms with E-state index >= 15 is 0 Å². The molecule has 1 fully saturated rings. The zero-order valence-electron chi connectivity index (χ0n) is 14.4. The van der Waals surface area contributed by atoms with Gasteiger partial charge in [0.2, 0.25) is 11.8 Å². The number of amides is 2. The third-order valence-electron chi connectivity index (χ3n) is 4.03. The summed E-state index contributed by atoms with van der Waals surface area (Å²) < 4.78 is 0. The Morgan fingerprint density at radius 1 is 1.20 bits per heavy atom. The van der Waals surface area contributed by atoms with Crippen LogP contribution in [0.25, 0.3) is 10.8 Å². The van der Waals surface area contributed by atoms with E-state index in [4.69, 9.17) is 0 Å². The number of amidine groups is 1. The number of nitrogens with zero attached hydrogens (tertiary/aromatic N) is 2. The summed E-state index contributed by atoms with van der Waals surface area (Å²) in [7, 11) is 0. The van der Waals surface area contributed by atoms with E-state index in [1.54, 1.807) is 4.90 Å². The summed E-state index contributed by atoms with van der Waals surface area (Å²) in [5.74, 6) is -0.191. The van der Waals surface area contributed by atoms with Gasteiger partial charge >= 0.3 is 0 Å². The lowest BCUT2D eigenvalue weighted by Gasteiger charge is -2.13. The molecule has 130 valence electrons. The van der Waals surface area contributed by atoms with Crippen molar-refractivity contribution in [1.82, 2.24) is 4.90 Å². The summed E-state index contributed by atoms with van der Waals surface area (Å²) >= 11 is 1.38. The summed E-state index contributed by atoms with van der Waals surface area (Å²) in [4.78, 5) is 30.8. The second-order valence-electron chi connectivity index (χ2n) is 5.76. The van der Waals surface area contributed by atoms with Gasteiger partial charge in [-0.3, -0.25) is 19.5 Å². The van der Waals surface area contributed by atoms with Gasteiger partial charge in [-0.2, -0.15) is 0 Å². The SMILES string of the molecule is CCN=C1S[C@H](CC(=O)Nc2ccc3ccccc3c2)C(=O)N1CC. The van der Waals surface area contributed by atoms with Gasteiger partial charge < -0.3 is 5.32 Å². The van der Waals surface area contributed by atoms with Crippen LogP contribution in [0.15, 0.2) is 47.5 Å². The van der Waals surface area contributed by atoms with Crippen LogP contribution in [0.2, 0.25) is 0 Å². The van der Waals surface area contributed by atoms with Crippen molar-refractivity contribution in [3.05, 3.63) is 42.5 Å². The summed E-state index contributed by atoms with van der Waals surface area (Å²) in [5, 5.41) is 5.42. The Kier molecular flexibility index (Phi) is 5.38. The van der Waals surface area contributed by atoms with Crippen molar-refractivity contribution in [3.8, 4) is 0 Å². The van der Waals surface area contributed by atoms with Crippen LogP contribution >= 0.6 is 11.8 Å². The zero-order valence-corrected chi connectivity index (χ0v) is 15.2. The summed E-state index contributed by atoms with van der Waals surface area (Å²) in [5.41, 5.74) is 0.744. The van der Waals surface area contributed by atoms with Gasteiger partial charge in [0.25, 0.3) is 0 Å². The first-order valence-electron chi connectivity index (χ1n) is 8.43. The molecular formula is C19H21N3O2S. The highest BCUT2D eigenvalue weighted by molar-refractivity contribution is 8.15. The van der Waals surface area contributed by atoms with Crippen molar-refractivity contribution in [2.24, 2.45) is 4.99 Å². The maximum absolute atomic E-state index is 12.4. The van der Waals surface area contributed by atoms with Crippen LogP contribution in [-0.4, -0.2) is 40.2 Å². The number of rotatable bonds is 5. The number of thioether (sulfide) groups is 1. The molecule has 2 amide bonds. The van der Waals surface area contributed by atoms with Gasteiger partial charge in [0.15, 0.2) is 5.17 Å². The normalized spacial score (nSPS) is 19.0. The van der Waals surface area contributed by atoms with Crippen molar-refractivity contribution in [2.75, 3.05) is 18.4 Å². The molecule has 1 saturated heterocycles. The molecule has 0 unspecified atom stereocenters. The molecule has 2 aromatic carbocycles.